The molecule has 2 fully saturated rings. The Morgan fingerprint density at radius 3 is 2.82 bits per heavy atom. The van der Waals surface area contributed by atoms with Crippen molar-refractivity contribution in [3.8, 4) is 0 Å². The van der Waals surface area contributed by atoms with Gasteiger partial charge in [0.1, 0.15) is 0 Å². The molecule has 0 aromatic carbocycles. The predicted molar refractivity (Wildman–Crippen MR) is 71.3 cm³/mol. The van der Waals surface area contributed by atoms with E-state index in [0.29, 0.717) is 12.1 Å². The van der Waals surface area contributed by atoms with Gasteiger partial charge in [-0.3, -0.25) is 4.90 Å². The third-order valence-electron chi connectivity index (χ3n) is 4.22. The predicted octanol–water partition coefficient (Wildman–Crippen LogP) is 2.02. The largest absolute Gasteiger partial charge is 0.377 e. The van der Waals surface area contributed by atoms with Gasteiger partial charge in [-0.2, -0.15) is 0 Å². The number of hydrogen-bond donors (Lipinski definition) is 1. The molecule has 0 bridgehead atoms. The van der Waals surface area contributed by atoms with Crippen LogP contribution in [0.15, 0.2) is 0 Å². The van der Waals surface area contributed by atoms with Crippen LogP contribution in [-0.2, 0) is 4.74 Å². The van der Waals surface area contributed by atoms with Crippen molar-refractivity contribution in [3.05, 3.63) is 0 Å². The Hall–Kier alpha value is -0.120. The topological polar surface area (TPSA) is 24.5 Å². The highest BCUT2D eigenvalue weighted by atomic mass is 16.5. The van der Waals surface area contributed by atoms with Crippen molar-refractivity contribution in [1.29, 1.82) is 0 Å². The number of ether oxygens (including phenoxy) is 1. The van der Waals surface area contributed by atoms with Crippen molar-refractivity contribution in [2.75, 3.05) is 26.7 Å². The molecule has 0 spiro atoms. The van der Waals surface area contributed by atoms with Crippen LogP contribution in [0.4, 0.5) is 0 Å². The SMILES string of the molecule is CCCNC1CCCC1N(C)CC1CCCO1. The van der Waals surface area contributed by atoms with E-state index in [2.05, 4.69) is 24.2 Å². The molecule has 2 rings (SSSR count). The van der Waals surface area contributed by atoms with E-state index in [1.807, 2.05) is 0 Å². The van der Waals surface area contributed by atoms with Crippen molar-refractivity contribution in [2.24, 2.45) is 0 Å². The van der Waals surface area contributed by atoms with Gasteiger partial charge >= 0.3 is 0 Å². The molecule has 3 unspecified atom stereocenters. The summed E-state index contributed by atoms with van der Waals surface area (Å²) in [5.41, 5.74) is 0. The van der Waals surface area contributed by atoms with E-state index in [0.717, 1.165) is 25.7 Å². The van der Waals surface area contributed by atoms with Gasteiger partial charge in [-0.15, -0.1) is 0 Å². The fraction of sp³-hybridized carbons (Fsp3) is 1.00. The van der Waals surface area contributed by atoms with Gasteiger partial charge in [-0.25, -0.2) is 0 Å². The van der Waals surface area contributed by atoms with E-state index in [1.165, 1.54) is 38.5 Å². The summed E-state index contributed by atoms with van der Waals surface area (Å²) in [6.45, 7) is 5.50. The minimum atomic E-state index is 0.493. The molecule has 1 heterocycles. The van der Waals surface area contributed by atoms with Gasteiger partial charge in [-0.1, -0.05) is 13.3 Å². The average molecular weight is 240 g/mol. The first-order valence-corrected chi connectivity index (χ1v) is 7.36. The molecular weight excluding hydrogens is 212 g/mol. The van der Waals surface area contributed by atoms with Crippen LogP contribution >= 0.6 is 0 Å². The number of nitrogens with one attached hydrogen (secondary N) is 1. The third kappa shape index (κ3) is 3.67. The summed E-state index contributed by atoms with van der Waals surface area (Å²) in [6, 6.07) is 1.44. The summed E-state index contributed by atoms with van der Waals surface area (Å²) in [5.74, 6) is 0. The molecule has 1 aliphatic carbocycles. The van der Waals surface area contributed by atoms with Crippen LogP contribution in [0.5, 0.6) is 0 Å². The molecule has 1 saturated carbocycles. The monoisotopic (exact) mass is 240 g/mol. The average Bonchev–Trinajstić information content (AvgIpc) is 2.96. The lowest BCUT2D eigenvalue weighted by Crippen LogP contribution is -2.47. The van der Waals surface area contributed by atoms with Gasteiger partial charge < -0.3 is 10.1 Å². The van der Waals surface area contributed by atoms with Gasteiger partial charge in [0.15, 0.2) is 0 Å². The third-order valence-corrected chi connectivity index (χ3v) is 4.22. The lowest BCUT2D eigenvalue weighted by molar-refractivity contribution is 0.0644. The number of hydrogen-bond acceptors (Lipinski definition) is 3. The van der Waals surface area contributed by atoms with Crippen LogP contribution in [0, 0.1) is 0 Å². The molecule has 0 aromatic heterocycles. The van der Waals surface area contributed by atoms with Gasteiger partial charge in [0, 0.05) is 25.2 Å². The number of rotatable bonds is 6. The maximum atomic E-state index is 5.74. The zero-order valence-electron chi connectivity index (χ0n) is 11.5. The minimum absolute atomic E-state index is 0.493. The summed E-state index contributed by atoms with van der Waals surface area (Å²) in [5, 5.41) is 3.70. The Bertz CT molecular complexity index is 216. The summed E-state index contributed by atoms with van der Waals surface area (Å²) in [6.07, 6.45) is 8.31. The molecule has 100 valence electrons. The fourth-order valence-corrected chi connectivity index (χ4v) is 3.28. The van der Waals surface area contributed by atoms with E-state index < -0.39 is 0 Å². The van der Waals surface area contributed by atoms with E-state index in [-0.39, 0.29) is 0 Å². The summed E-state index contributed by atoms with van der Waals surface area (Å²) >= 11 is 0. The molecule has 1 N–H and O–H groups in total. The molecule has 1 aliphatic heterocycles. The van der Waals surface area contributed by atoms with Crippen LogP contribution in [0.3, 0.4) is 0 Å². The molecule has 17 heavy (non-hydrogen) atoms. The van der Waals surface area contributed by atoms with E-state index in [9.17, 15) is 0 Å². The van der Waals surface area contributed by atoms with Crippen LogP contribution < -0.4 is 5.32 Å². The van der Waals surface area contributed by atoms with E-state index in [1.54, 1.807) is 0 Å². The summed E-state index contributed by atoms with van der Waals surface area (Å²) < 4.78 is 5.74. The zero-order valence-corrected chi connectivity index (χ0v) is 11.5. The van der Waals surface area contributed by atoms with Crippen LogP contribution in [-0.4, -0.2) is 49.8 Å². The lowest BCUT2D eigenvalue weighted by Gasteiger charge is -2.31. The maximum Gasteiger partial charge on any atom is 0.0702 e. The molecule has 0 radical (unpaired) electrons. The first kappa shape index (κ1) is 13.3. The molecule has 3 heteroatoms. The second-order valence-electron chi connectivity index (χ2n) is 5.63. The minimum Gasteiger partial charge on any atom is -0.377 e. The van der Waals surface area contributed by atoms with Gasteiger partial charge in [-0.05, 0) is 45.7 Å². The second-order valence-corrected chi connectivity index (χ2v) is 5.63. The number of nitrogens with zero attached hydrogens (tertiary/aromatic N) is 1. The summed E-state index contributed by atoms with van der Waals surface area (Å²) in [4.78, 5) is 2.54. The van der Waals surface area contributed by atoms with E-state index >= 15 is 0 Å². The van der Waals surface area contributed by atoms with Crippen molar-refractivity contribution in [2.45, 2.75) is 63.6 Å². The van der Waals surface area contributed by atoms with Crippen molar-refractivity contribution >= 4 is 0 Å². The molecule has 0 amide bonds. The molecular formula is C14H28N2O. The van der Waals surface area contributed by atoms with Crippen molar-refractivity contribution in [3.63, 3.8) is 0 Å². The van der Waals surface area contributed by atoms with E-state index in [4.69, 9.17) is 4.74 Å². The zero-order chi connectivity index (χ0) is 12.1. The molecule has 2 aliphatic rings. The Morgan fingerprint density at radius 1 is 1.24 bits per heavy atom. The smallest absolute Gasteiger partial charge is 0.0702 e. The van der Waals surface area contributed by atoms with Crippen molar-refractivity contribution in [1.82, 2.24) is 10.2 Å². The Labute approximate surface area is 106 Å². The standard InChI is InChI=1S/C14H28N2O/c1-3-9-15-13-7-4-8-14(13)16(2)11-12-6-5-10-17-12/h12-15H,3-11H2,1-2H3. The molecule has 3 nitrogen and oxygen atoms in total. The lowest BCUT2D eigenvalue weighted by atomic mass is 10.1. The highest BCUT2D eigenvalue weighted by Gasteiger charge is 2.31. The number of likely N-dealkylation sites (N-methyl/N-ethyl adjacent to an activating group) is 1. The Kier molecular flexibility index (Phi) is 5.26. The normalized spacial score (nSPS) is 33.7. The summed E-state index contributed by atoms with van der Waals surface area (Å²) in [7, 11) is 2.28. The highest BCUT2D eigenvalue weighted by molar-refractivity contribution is 4.90. The second kappa shape index (κ2) is 6.72. The van der Waals surface area contributed by atoms with Gasteiger partial charge in [0.2, 0.25) is 0 Å². The Morgan fingerprint density at radius 2 is 2.12 bits per heavy atom. The van der Waals surface area contributed by atoms with Crippen LogP contribution in [0.25, 0.3) is 0 Å². The van der Waals surface area contributed by atoms with Gasteiger partial charge in [0.05, 0.1) is 6.10 Å². The van der Waals surface area contributed by atoms with Crippen LogP contribution in [0.1, 0.15) is 45.4 Å². The van der Waals surface area contributed by atoms with Crippen LogP contribution in [0.2, 0.25) is 0 Å². The first-order chi connectivity index (χ1) is 8.31. The fourth-order valence-electron chi connectivity index (χ4n) is 3.28. The maximum absolute atomic E-state index is 5.74. The molecule has 3 atom stereocenters. The molecule has 1 saturated heterocycles. The van der Waals surface area contributed by atoms with Crippen molar-refractivity contribution < 1.29 is 4.74 Å². The first-order valence-electron chi connectivity index (χ1n) is 7.36. The quantitative estimate of drug-likeness (QED) is 0.769. The van der Waals surface area contributed by atoms with Gasteiger partial charge in [0.25, 0.3) is 0 Å². The molecule has 0 aromatic rings. The highest BCUT2D eigenvalue weighted by Crippen LogP contribution is 2.25. The Balaban J connectivity index is 1.77.